The summed E-state index contributed by atoms with van der Waals surface area (Å²) in [5.74, 6) is -6.40. The number of nitrogens with zero attached hydrogens (tertiary/aromatic N) is 2. The molecule has 0 N–H and O–H groups in total. The van der Waals surface area contributed by atoms with Crippen LogP contribution in [0.5, 0.6) is 5.88 Å². The van der Waals surface area contributed by atoms with E-state index in [9.17, 15) is 35.1 Å². The van der Waals surface area contributed by atoms with Crippen LogP contribution in [-0.4, -0.2) is 28.7 Å². The number of halogens is 9. The van der Waals surface area contributed by atoms with Gasteiger partial charge in [-0.2, -0.15) is 40.1 Å². The second-order valence-electron chi connectivity index (χ2n) is 3.35. The molecule has 0 aliphatic carbocycles. The van der Waals surface area contributed by atoms with Gasteiger partial charge in [-0.25, -0.2) is 4.98 Å². The van der Waals surface area contributed by atoms with Gasteiger partial charge in [0.2, 0.25) is 11.2 Å². The van der Waals surface area contributed by atoms with Crippen LogP contribution >= 0.6 is 11.6 Å². The van der Waals surface area contributed by atoms with E-state index >= 15 is 0 Å². The number of ether oxygens (including phenoxy) is 1. The second kappa shape index (κ2) is 5.19. The van der Waals surface area contributed by atoms with Gasteiger partial charge in [-0.05, 0) is 11.6 Å². The maximum Gasteiger partial charge on any atom is 0.456 e. The van der Waals surface area contributed by atoms with Gasteiger partial charge in [-0.15, -0.1) is 0 Å². The van der Waals surface area contributed by atoms with E-state index in [4.69, 9.17) is 11.6 Å². The van der Waals surface area contributed by atoms with Crippen LogP contribution in [0.25, 0.3) is 0 Å². The number of aromatic nitrogens is 2. The third kappa shape index (κ3) is 4.05. The highest BCUT2D eigenvalue weighted by Gasteiger charge is 2.58. The first-order valence-corrected chi connectivity index (χ1v) is 4.90. The highest BCUT2D eigenvalue weighted by atomic mass is 35.5. The Morgan fingerprint density at radius 3 is 2.00 bits per heavy atom. The maximum atomic E-state index is 12.5. The topological polar surface area (TPSA) is 35.0 Å². The van der Waals surface area contributed by atoms with Gasteiger partial charge in [-0.1, -0.05) is 0 Å². The van der Waals surface area contributed by atoms with Crippen LogP contribution < -0.4 is 4.74 Å². The summed E-state index contributed by atoms with van der Waals surface area (Å²) in [6.45, 7) is -2.23. The summed E-state index contributed by atoms with van der Waals surface area (Å²) in [5.41, 5.74) is -1.64. The van der Waals surface area contributed by atoms with Crippen LogP contribution in [0.15, 0.2) is 6.07 Å². The van der Waals surface area contributed by atoms with Gasteiger partial charge < -0.3 is 4.74 Å². The molecule has 1 aromatic heterocycles. The lowest BCUT2D eigenvalue weighted by molar-refractivity contribution is -0.290. The third-order valence-corrected chi connectivity index (χ3v) is 1.95. The van der Waals surface area contributed by atoms with Crippen molar-refractivity contribution in [3.05, 3.63) is 17.0 Å². The lowest BCUT2D eigenvalue weighted by Gasteiger charge is -2.19. The number of hydrogen-bond acceptors (Lipinski definition) is 3. The van der Waals surface area contributed by atoms with Crippen molar-refractivity contribution in [3.8, 4) is 5.88 Å². The quantitative estimate of drug-likeness (QED) is 0.626. The van der Waals surface area contributed by atoms with Crippen molar-refractivity contribution in [2.24, 2.45) is 0 Å². The Hall–Kier alpha value is -1.39. The van der Waals surface area contributed by atoms with Crippen LogP contribution in [-0.2, 0) is 6.18 Å². The Bertz CT molecular complexity index is 486. The van der Waals surface area contributed by atoms with Crippen LogP contribution in [0.3, 0.4) is 0 Å². The minimum Gasteiger partial charge on any atom is -0.471 e. The highest BCUT2D eigenvalue weighted by molar-refractivity contribution is 6.28. The lowest BCUT2D eigenvalue weighted by atomic mass is 10.3. The molecule has 1 aromatic rings. The van der Waals surface area contributed by atoms with Crippen molar-refractivity contribution in [1.82, 2.24) is 9.97 Å². The SMILES string of the molecule is FC(F)(F)c1cc(OCC(F)(F)C(F)(F)F)nc(Cl)n1. The average molecular weight is 331 g/mol. The number of alkyl halides is 8. The van der Waals surface area contributed by atoms with Gasteiger partial charge >= 0.3 is 18.3 Å². The minimum atomic E-state index is -5.91. The van der Waals surface area contributed by atoms with E-state index in [0.29, 0.717) is 0 Å². The van der Waals surface area contributed by atoms with E-state index < -0.39 is 41.7 Å². The second-order valence-corrected chi connectivity index (χ2v) is 3.69. The van der Waals surface area contributed by atoms with Crippen molar-refractivity contribution >= 4 is 11.6 Å². The predicted octanol–water partition coefficient (Wildman–Crippen LogP) is 3.73. The predicted molar refractivity (Wildman–Crippen MR) is 48.5 cm³/mol. The molecule has 0 spiro atoms. The van der Waals surface area contributed by atoms with E-state index in [1.165, 1.54) is 0 Å². The summed E-state index contributed by atoms with van der Waals surface area (Å²) < 4.78 is 101. The molecule has 0 atom stereocenters. The third-order valence-electron chi connectivity index (χ3n) is 1.78. The van der Waals surface area contributed by atoms with Crippen LogP contribution in [0.1, 0.15) is 5.69 Å². The van der Waals surface area contributed by atoms with Gasteiger partial charge in [0.25, 0.3) is 0 Å². The molecular formula is C8H3ClF8N2O. The Labute approximate surface area is 110 Å². The summed E-state index contributed by atoms with van der Waals surface area (Å²) in [4.78, 5) is 5.70. The molecular weight excluding hydrogens is 328 g/mol. The van der Waals surface area contributed by atoms with Gasteiger partial charge in [0.05, 0.1) is 0 Å². The molecule has 20 heavy (non-hydrogen) atoms. The first kappa shape index (κ1) is 16.7. The molecule has 3 nitrogen and oxygen atoms in total. The zero-order valence-electron chi connectivity index (χ0n) is 8.99. The molecule has 1 heterocycles. The fourth-order valence-electron chi connectivity index (χ4n) is 0.862. The molecule has 0 aromatic carbocycles. The van der Waals surface area contributed by atoms with E-state index in [2.05, 4.69) is 14.7 Å². The normalized spacial score (nSPS) is 13.4. The molecule has 114 valence electrons. The molecule has 0 saturated carbocycles. The first-order chi connectivity index (χ1) is 8.83. The number of rotatable bonds is 3. The molecule has 0 saturated heterocycles. The summed E-state index contributed by atoms with van der Waals surface area (Å²) in [7, 11) is 0. The average Bonchev–Trinajstić information content (AvgIpc) is 2.23. The maximum absolute atomic E-state index is 12.5. The van der Waals surface area contributed by atoms with Crippen LogP contribution in [0, 0.1) is 0 Å². The van der Waals surface area contributed by atoms with Gasteiger partial charge in [0.15, 0.2) is 12.3 Å². The Morgan fingerprint density at radius 1 is 1.00 bits per heavy atom. The standard InChI is InChI=1S/C8H3ClF8N2O/c9-5-18-3(7(12,13)14)1-4(19-5)20-2-6(10,11)8(15,16)17/h1H,2H2. The van der Waals surface area contributed by atoms with Crippen LogP contribution in [0.4, 0.5) is 35.1 Å². The fraction of sp³-hybridized carbons (Fsp3) is 0.500. The first-order valence-electron chi connectivity index (χ1n) is 4.52. The molecule has 0 aliphatic heterocycles. The molecule has 0 bridgehead atoms. The zero-order valence-corrected chi connectivity index (χ0v) is 9.74. The fourth-order valence-corrected chi connectivity index (χ4v) is 1.04. The Kier molecular flexibility index (Phi) is 4.32. The molecule has 0 amide bonds. The van der Waals surface area contributed by atoms with Crippen LogP contribution in [0.2, 0.25) is 5.28 Å². The van der Waals surface area contributed by atoms with Crippen molar-refractivity contribution < 1.29 is 39.9 Å². The number of hydrogen-bond donors (Lipinski definition) is 0. The molecule has 0 fully saturated rings. The Balaban J connectivity index is 2.92. The monoisotopic (exact) mass is 330 g/mol. The summed E-state index contributed by atoms with van der Waals surface area (Å²) in [6, 6.07) is 0.0539. The minimum absolute atomic E-state index is 0.0539. The van der Waals surface area contributed by atoms with Crippen molar-refractivity contribution in [2.75, 3.05) is 6.61 Å². The van der Waals surface area contributed by atoms with E-state index in [1.807, 2.05) is 0 Å². The van der Waals surface area contributed by atoms with E-state index in [-0.39, 0.29) is 6.07 Å². The van der Waals surface area contributed by atoms with E-state index in [1.54, 1.807) is 0 Å². The Morgan fingerprint density at radius 2 is 1.55 bits per heavy atom. The van der Waals surface area contributed by atoms with Crippen molar-refractivity contribution in [1.29, 1.82) is 0 Å². The van der Waals surface area contributed by atoms with Crippen molar-refractivity contribution in [2.45, 2.75) is 18.3 Å². The molecule has 12 heteroatoms. The summed E-state index contributed by atoms with van der Waals surface area (Å²) >= 11 is 5.08. The van der Waals surface area contributed by atoms with Gasteiger partial charge in [-0.3, -0.25) is 0 Å². The van der Waals surface area contributed by atoms with E-state index in [0.717, 1.165) is 0 Å². The molecule has 1 rings (SSSR count). The molecule has 0 aliphatic rings. The van der Waals surface area contributed by atoms with Crippen molar-refractivity contribution in [3.63, 3.8) is 0 Å². The summed E-state index contributed by atoms with van der Waals surface area (Å²) in [6.07, 6.45) is -10.9. The highest BCUT2D eigenvalue weighted by Crippen LogP contribution is 2.36. The van der Waals surface area contributed by atoms with Gasteiger partial charge in [0, 0.05) is 6.07 Å². The van der Waals surface area contributed by atoms with Gasteiger partial charge in [0.1, 0.15) is 0 Å². The summed E-state index contributed by atoms with van der Waals surface area (Å²) in [5, 5.41) is -1.01. The molecule has 0 unspecified atom stereocenters. The largest absolute Gasteiger partial charge is 0.471 e. The smallest absolute Gasteiger partial charge is 0.456 e. The zero-order chi connectivity index (χ0) is 15.8. The lowest BCUT2D eigenvalue weighted by Crippen LogP contribution is -2.41. The molecule has 0 radical (unpaired) electrons.